The molecule has 0 spiro atoms. The Hall–Kier alpha value is -2.64. The molecule has 1 aromatic carbocycles. The molecule has 2 aliphatic heterocycles. The van der Waals surface area contributed by atoms with E-state index in [9.17, 15) is 19.8 Å². The average molecular weight is 426 g/mol. The first-order valence-corrected chi connectivity index (χ1v) is 11.1. The van der Waals surface area contributed by atoms with E-state index in [-0.39, 0.29) is 23.5 Å². The van der Waals surface area contributed by atoms with E-state index >= 15 is 0 Å². The van der Waals surface area contributed by atoms with Crippen molar-refractivity contribution in [2.75, 3.05) is 32.7 Å². The number of likely N-dealkylation sites (tertiary alicyclic amines) is 2. The van der Waals surface area contributed by atoms with Crippen LogP contribution in [0.2, 0.25) is 0 Å². The largest absolute Gasteiger partial charge is 0.508 e. The van der Waals surface area contributed by atoms with Crippen molar-refractivity contribution in [3.63, 3.8) is 0 Å². The Morgan fingerprint density at radius 2 is 1.94 bits per heavy atom. The van der Waals surface area contributed by atoms with Crippen molar-refractivity contribution in [3.05, 3.63) is 53.8 Å². The highest BCUT2D eigenvalue weighted by Gasteiger charge is 2.31. The molecule has 1 aliphatic carbocycles. The molecule has 4 rings (SSSR count). The van der Waals surface area contributed by atoms with E-state index in [1.807, 2.05) is 29.2 Å². The molecular weight excluding hydrogens is 394 g/mol. The number of benzene rings is 1. The first-order chi connectivity index (χ1) is 15.0. The van der Waals surface area contributed by atoms with E-state index < -0.39 is 6.10 Å². The molecule has 1 unspecified atom stereocenters. The minimum atomic E-state index is -0.474. The van der Waals surface area contributed by atoms with Crippen molar-refractivity contribution >= 4 is 11.8 Å². The van der Waals surface area contributed by atoms with Crippen LogP contribution in [0.15, 0.2) is 48.2 Å². The number of phenols is 1. The summed E-state index contributed by atoms with van der Waals surface area (Å²) in [5.74, 6) is 0.652. The van der Waals surface area contributed by atoms with E-state index in [4.69, 9.17) is 0 Å². The van der Waals surface area contributed by atoms with Crippen LogP contribution >= 0.6 is 0 Å². The summed E-state index contributed by atoms with van der Waals surface area (Å²) in [5, 5.41) is 22.1. The lowest BCUT2D eigenvalue weighted by Gasteiger charge is -2.33. The number of hydrogen-bond donors (Lipinski definition) is 3. The zero-order valence-electron chi connectivity index (χ0n) is 17.7. The lowest BCUT2D eigenvalue weighted by Crippen LogP contribution is -2.43. The summed E-state index contributed by atoms with van der Waals surface area (Å²) < 4.78 is 0. The second-order valence-electron chi connectivity index (χ2n) is 8.78. The van der Waals surface area contributed by atoms with Crippen molar-refractivity contribution < 1.29 is 19.8 Å². The molecule has 0 saturated carbocycles. The van der Waals surface area contributed by atoms with Gasteiger partial charge in [0.1, 0.15) is 5.75 Å². The zero-order valence-corrected chi connectivity index (χ0v) is 17.7. The number of allylic oxidation sites excluding steroid dienone is 1. The minimum absolute atomic E-state index is 0.0193. The summed E-state index contributed by atoms with van der Waals surface area (Å²) in [6.07, 6.45) is 7.84. The normalized spacial score (nSPS) is 24.8. The lowest BCUT2D eigenvalue weighted by molar-refractivity contribution is -0.133. The first kappa shape index (κ1) is 21.6. The molecule has 2 fully saturated rings. The van der Waals surface area contributed by atoms with Crippen LogP contribution in [0.5, 0.6) is 5.75 Å². The fourth-order valence-corrected chi connectivity index (χ4v) is 4.67. The molecule has 166 valence electrons. The monoisotopic (exact) mass is 425 g/mol. The molecule has 3 aliphatic rings. The highest BCUT2D eigenvalue weighted by atomic mass is 16.3. The number of piperidine rings is 1. The molecule has 0 bridgehead atoms. The third kappa shape index (κ3) is 5.54. The number of hydrogen-bond acceptors (Lipinski definition) is 5. The number of aromatic hydroxyl groups is 1. The number of amides is 2. The Bertz CT molecular complexity index is 873. The van der Waals surface area contributed by atoms with Crippen LogP contribution in [0.1, 0.15) is 37.2 Å². The van der Waals surface area contributed by atoms with Crippen LogP contribution in [0, 0.1) is 5.92 Å². The molecule has 7 heteroatoms. The van der Waals surface area contributed by atoms with Crippen LogP contribution in [0.4, 0.5) is 0 Å². The van der Waals surface area contributed by atoms with Gasteiger partial charge >= 0.3 is 0 Å². The van der Waals surface area contributed by atoms with Gasteiger partial charge in [-0.15, -0.1) is 0 Å². The van der Waals surface area contributed by atoms with Gasteiger partial charge in [-0.25, -0.2) is 0 Å². The molecule has 3 N–H and O–H groups in total. The molecule has 0 radical (unpaired) electrons. The fourth-order valence-electron chi connectivity index (χ4n) is 4.67. The number of nitrogens with one attached hydrogen (secondary N) is 1. The van der Waals surface area contributed by atoms with Crippen LogP contribution < -0.4 is 5.32 Å². The standard InChI is InChI=1S/C24H31N3O4/c28-21-6-4-20(5-7-21)25-24(31)19-8-11-26(15-19)16-23(30)27-12-9-17(10-13-27)18-2-1-3-22(29)14-18/h1-6,14,17,19,21,28-29H,7-13,15-16H2,(H,25,31)/t19-,21?/m0/s1. The zero-order chi connectivity index (χ0) is 21.8. The number of carbonyl (C=O) groups is 2. The number of phenolic OH excluding ortho intramolecular Hbond substituents is 1. The summed E-state index contributed by atoms with van der Waals surface area (Å²) in [4.78, 5) is 29.3. The number of aliphatic hydroxyl groups excluding tert-OH is 1. The predicted octanol–water partition coefficient (Wildman–Crippen LogP) is 1.74. The maximum absolute atomic E-state index is 12.8. The maximum atomic E-state index is 12.8. The van der Waals surface area contributed by atoms with Gasteiger partial charge < -0.3 is 20.4 Å². The second-order valence-corrected chi connectivity index (χ2v) is 8.78. The molecule has 2 heterocycles. The highest BCUT2D eigenvalue weighted by molar-refractivity contribution is 5.82. The number of aliphatic hydroxyl groups is 1. The van der Waals surface area contributed by atoms with Gasteiger partial charge in [0, 0.05) is 25.3 Å². The van der Waals surface area contributed by atoms with Crippen molar-refractivity contribution in [2.24, 2.45) is 5.92 Å². The van der Waals surface area contributed by atoms with E-state index in [2.05, 4.69) is 10.2 Å². The van der Waals surface area contributed by atoms with E-state index in [1.165, 1.54) is 0 Å². The van der Waals surface area contributed by atoms with Crippen molar-refractivity contribution in [2.45, 2.75) is 37.7 Å². The molecule has 1 aromatic rings. The van der Waals surface area contributed by atoms with Crippen LogP contribution in [-0.2, 0) is 9.59 Å². The summed E-state index contributed by atoms with van der Waals surface area (Å²) in [5.41, 5.74) is 1.87. The lowest BCUT2D eigenvalue weighted by atomic mass is 9.89. The van der Waals surface area contributed by atoms with Gasteiger partial charge in [0.15, 0.2) is 0 Å². The summed E-state index contributed by atoms with van der Waals surface area (Å²) >= 11 is 0. The van der Waals surface area contributed by atoms with Gasteiger partial charge in [-0.05, 0) is 61.9 Å². The SMILES string of the molecule is O=C(NC1=CCC(O)C=C1)[C@H]1CCN(CC(=O)N2CCC(c3cccc(O)c3)CC2)C1. The smallest absolute Gasteiger partial charge is 0.236 e. The van der Waals surface area contributed by atoms with Gasteiger partial charge in [-0.2, -0.15) is 0 Å². The van der Waals surface area contributed by atoms with Crippen molar-refractivity contribution in [1.29, 1.82) is 0 Å². The van der Waals surface area contributed by atoms with Crippen LogP contribution in [-0.4, -0.2) is 70.7 Å². The second kappa shape index (κ2) is 9.66. The van der Waals surface area contributed by atoms with Gasteiger partial charge in [0.25, 0.3) is 0 Å². The molecule has 0 aromatic heterocycles. The van der Waals surface area contributed by atoms with Crippen molar-refractivity contribution in [3.8, 4) is 5.75 Å². The third-order valence-corrected chi connectivity index (χ3v) is 6.54. The van der Waals surface area contributed by atoms with Gasteiger partial charge in [0.2, 0.25) is 11.8 Å². The molecule has 2 atom stereocenters. The van der Waals surface area contributed by atoms with Gasteiger partial charge in [-0.3, -0.25) is 14.5 Å². The highest BCUT2D eigenvalue weighted by Crippen LogP contribution is 2.30. The Balaban J connectivity index is 1.21. The Morgan fingerprint density at radius 3 is 2.65 bits per heavy atom. The Morgan fingerprint density at radius 1 is 1.13 bits per heavy atom. The number of rotatable bonds is 5. The Labute approximate surface area is 183 Å². The van der Waals surface area contributed by atoms with E-state index in [0.717, 1.165) is 50.2 Å². The van der Waals surface area contributed by atoms with Crippen molar-refractivity contribution in [1.82, 2.24) is 15.1 Å². The summed E-state index contributed by atoms with van der Waals surface area (Å²) in [7, 11) is 0. The summed E-state index contributed by atoms with van der Waals surface area (Å²) in [6, 6.07) is 7.41. The third-order valence-electron chi connectivity index (χ3n) is 6.54. The first-order valence-electron chi connectivity index (χ1n) is 11.1. The minimum Gasteiger partial charge on any atom is -0.508 e. The van der Waals surface area contributed by atoms with Crippen LogP contribution in [0.25, 0.3) is 0 Å². The molecule has 7 nitrogen and oxygen atoms in total. The predicted molar refractivity (Wildman–Crippen MR) is 117 cm³/mol. The van der Waals surface area contributed by atoms with E-state index in [0.29, 0.717) is 25.4 Å². The molecular formula is C24H31N3O4. The molecule has 2 saturated heterocycles. The number of carbonyl (C=O) groups excluding carboxylic acids is 2. The maximum Gasteiger partial charge on any atom is 0.236 e. The average Bonchev–Trinajstić information content (AvgIpc) is 3.24. The number of nitrogens with zero attached hydrogens (tertiary/aromatic N) is 2. The topological polar surface area (TPSA) is 93.1 Å². The molecule has 2 amide bonds. The van der Waals surface area contributed by atoms with Crippen LogP contribution in [0.3, 0.4) is 0 Å². The van der Waals surface area contributed by atoms with Gasteiger partial charge in [0.05, 0.1) is 18.6 Å². The van der Waals surface area contributed by atoms with E-state index in [1.54, 1.807) is 18.2 Å². The fraction of sp³-hybridized carbons (Fsp3) is 0.500. The summed E-state index contributed by atoms with van der Waals surface area (Å²) in [6.45, 7) is 3.15. The van der Waals surface area contributed by atoms with Gasteiger partial charge in [-0.1, -0.05) is 24.3 Å². The Kier molecular flexibility index (Phi) is 6.73. The molecule has 31 heavy (non-hydrogen) atoms. The quantitative estimate of drug-likeness (QED) is 0.668.